The zero-order chi connectivity index (χ0) is 21.8. The van der Waals surface area contributed by atoms with E-state index >= 15 is 0 Å². The fraction of sp³-hybridized carbons (Fsp3) is 0.619. The molecule has 9 nitrogen and oxygen atoms in total. The van der Waals surface area contributed by atoms with Crippen LogP contribution in [0, 0.1) is 11.3 Å². The van der Waals surface area contributed by atoms with Crippen LogP contribution < -0.4 is 0 Å². The summed E-state index contributed by atoms with van der Waals surface area (Å²) in [7, 11) is 0. The molecule has 30 heavy (non-hydrogen) atoms. The molecule has 2 fully saturated rings. The maximum atomic E-state index is 12.7. The van der Waals surface area contributed by atoms with Crippen LogP contribution in [0.25, 0.3) is 10.4 Å². The third-order valence-corrected chi connectivity index (χ3v) is 5.68. The Bertz CT molecular complexity index is 818. The highest BCUT2D eigenvalue weighted by atomic mass is 16.6. The monoisotopic (exact) mass is 415 g/mol. The van der Waals surface area contributed by atoms with Gasteiger partial charge in [-0.3, -0.25) is 0 Å². The normalized spacial score (nSPS) is 23.4. The minimum atomic E-state index is -0.569. The first-order valence-corrected chi connectivity index (χ1v) is 10.2. The van der Waals surface area contributed by atoms with Gasteiger partial charge in [0.05, 0.1) is 0 Å². The van der Waals surface area contributed by atoms with E-state index in [4.69, 9.17) is 15.0 Å². The van der Waals surface area contributed by atoms with E-state index in [-0.39, 0.29) is 30.6 Å². The molecular formula is C21H29N5O4. The Hall–Kier alpha value is -2.93. The van der Waals surface area contributed by atoms with Gasteiger partial charge in [0.25, 0.3) is 0 Å². The zero-order valence-corrected chi connectivity index (χ0v) is 17.8. The van der Waals surface area contributed by atoms with Crippen molar-refractivity contribution < 1.29 is 19.1 Å². The fourth-order valence-electron chi connectivity index (χ4n) is 4.21. The number of rotatable bonds is 4. The molecule has 0 aromatic heterocycles. The molecule has 3 rings (SSSR count). The van der Waals surface area contributed by atoms with Gasteiger partial charge >= 0.3 is 12.2 Å². The van der Waals surface area contributed by atoms with Gasteiger partial charge in [-0.25, -0.2) is 9.59 Å². The fourth-order valence-corrected chi connectivity index (χ4v) is 4.21. The van der Waals surface area contributed by atoms with Crippen molar-refractivity contribution in [3.05, 3.63) is 46.3 Å². The lowest BCUT2D eigenvalue weighted by Gasteiger charge is -2.30. The minimum absolute atomic E-state index is 0.0369. The molecule has 2 amide bonds. The molecule has 1 aromatic rings. The Kier molecular flexibility index (Phi) is 6.41. The number of benzene rings is 1. The summed E-state index contributed by atoms with van der Waals surface area (Å²) in [5.74, 6) is -0.0369. The summed E-state index contributed by atoms with van der Waals surface area (Å²) in [5, 5.41) is 3.76. The second kappa shape index (κ2) is 8.83. The topological polar surface area (TPSA) is 108 Å². The summed E-state index contributed by atoms with van der Waals surface area (Å²) in [6.07, 6.45) is -0.0234. The van der Waals surface area contributed by atoms with Gasteiger partial charge in [-0.15, -0.1) is 0 Å². The van der Waals surface area contributed by atoms with E-state index in [9.17, 15) is 9.59 Å². The van der Waals surface area contributed by atoms with E-state index < -0.39 is 11.7 Å². The lowest BCUT2D eigenvalue weighted by molar-refractivity contribution is 0.0266. The molecule has 2 aliphatic rings. The van der Waals surface area contributed by atoms with Crippen molar-refractivity contribution in [2.45, 2.75) is 39.4 Å². The lowest BCUT2D eigenvalue weighted by Crippen LogP contribution is -2.40. The number of carbonyl (C=O) groups excluding carboxylic acids is 2. The standard InChI is InChI=1S/C21H29N5O4/c1-20(2,3)30-19(28)25-10-9-21(14-25)15-26(12-17(21)11-23-24-22)18(27)29-13-16-7-5-4-6-8-16/h4-8,17H,9-15H2,1-3H3. The van der Waals surface area contributed by atoms with E-state index in [1.165, 1.54) is 0 Å². The second-order valence-electron chi connectivity index (χ2n) is 9.05. The number of amides is 2. The van der Waals surface area contributed by atoms with Gasteiger partial charge in [-0.2, -0.15) is 0 Å². The van der Waals surface area contributed by atoms with Crippen molar-refractivity contribution >= 4 is 12.2 Å². The molecule has 2 aliphatic heterocycles. The third-order valence-electron chi connectivity index (χ3n) is 5.68. The smallest absolute Gasteiger partial charge is 0.410 e. The number of carbonyl (C=O) groups is 2. The molecule has 9 heteroatoms. The Morgan fingerprint density at radius 3 is 2.57 bits per heavy atom. The van der Waals surface area contributed by atoms with E-state index in [0.717, 1.165) is 12.0 Å². The Balaban J connectivity index is 1.66. The molecule has 162 valence electrons. The van der Waals surface area contributed by atoms with E-state index in [0.29, 0.717) is 26.2 Å². The van der Waals surface area contributed by atoms with Gasteiger partial charge in [0, 0.05) is 43.1 Å². The number of ether oxygens (including phenoxy) is 2. The highest BCUT2D eigenvalue weighted by Gasteiger charge is 2.52. The van der Waals surface area contributed by atoms with Crippen molar-refractivity contribution in [2.75, 3.05) is 32.7 Å². The highest BCUT2D eigenvalue weighted by molar-refractivity contribution is 5.70. The van der Waals surface area contributed by atoms with Crippen LogP contribution in [-0.2, 0) is 16.1 Å². The predicted octanol–water partition coefficient (Wildman–Crippen LogP) is 4.19. The second-order valence-corrected chi connectivity index (χ2v) is 9.05. The number of hydrogen-bond donors (Lipinski definition) is 0. The van der Waals surface area contributed by atoms with Crippen LogP contribution in [0.2, 0.25) is 0 Å². The number of hydrogen-bond acceptors (Lipinski definition) is 5. The molecule has 1 spiro atoms. The van der Waals surface area contributed by atoms with E-state index in [1.807, 2.05) is 51.1 Å². The summed E-state index contributed by atoms with van der Waals surface area (Å²) in [5.41, 5.74) is 8.81. The van der Waals surface area contributed by atoms with Crippen molar-refractivity contribution in [3.63, 3.8) is 0 Å². The largest absolute Gasteiger partial charge is 0.445 e. The van der Waals surface area contributed by atoms with Gasteiger partial charge in [0.1, 0.15) is 12.2 Å². The Labute approximate surface area is 176 Å². The van der Waals surface area contributed by atoms with Crippen LogP contribution in [0.5, 0.6) is 0 Å². The first-order valence-electron chi connectivity index (χ1n) is 10.2. The summed E-state index contributed by atoms with van der Waals surface area (Å²) < 4.78 is 11.0. The molecule has 0 bridgehead atoms. The van der Waals surface area contributed by atoms with Crippen LogP contribution in [-0.4, -0.2) is 60.3 Å². The van der Waals surface area contributed by atoms with Crippen LogP contribution in [0.15, 0.2) is 35.4 Å². The third kappa shape index (κ3) is 5.16. The quantitative estimate of drug-likeness (QED) is 0.417. The molecule has 0 N–H and O–H groups in total. The molecule has 0 saturated carbocycles. The van der Waals surface area contributed by atoms with Crippen LogP contribution in [0.3, 0.4) is 0 Å². The van der Waals surface area contributed by atoms with Crippen LogP contribution in [0.4, 0.5) is 9.59 Å². The van der Waals surface area contributed by atoms with Gasteiger partial charge < -0.3 is 19.3 Å². The highest BCUT2D eigenvalue weighted by Crippen LogP contribution is 2.44. The number of likely N-dealkylation sites (tertiary alicyclic amines) is 2. The van der Waals surface area contributed by atoms with Crippen molar-refractivity contribution in [1.29, 1.82) is 0 Å². The predicted molar refractivity (Wildman–Crippen MR) is 111 cm³/mol. The average Bonchev–Trinajstić information content (AvgIpc) is 3.29. The van der Waals surface area contributed by atoms with Gasteiger partial charge in [-0.1, -0.05) is 35.4 Å². The summed E-state index contributed by atoms with van der Waals surface area (Å²) in [4.78, 5) is 31.4. The minimum Gasteiger partial charge on any atom is -0.445 e. The van der Waals surface area contributed by atoms with E-state index in [1.54, 1.807) is 9.80 Å². The lowest BCUT2D eigenvalue weighted by atomic mass is 9.77. The van der Waals surface area contributed by atoms with E-state index in [2.05, 4.69) is 10.0 Å². The first-order chi connectivity index (χ1) is 14.2. The van der Waals surface area contributed by atoms with Crippen molar-refractivity contribution in [1.82, 2.24) is 9.80 Å². The van der Waals surface area contributed by atoms with Crippen molar-refractivity contribution in [3.8, 4) is 0 Å². The van der Waals surface area contributed by atoms with Crippen molar-refractivity contribution in [2.24, 2.45) is 16.4 Å². The number of nitrogens with zero attached hydrogens (tertiary/aromatic N) is 5. The van der Waals surface area contributed by atoms with Crippen LogP contribution >= 0.6 is 0 Å². The molecule has 0 aliphatic carbocycles. The molecule has 0 radical (unpaired) electrons. The zero-order valence-electron chi connectivity index (χ0n) is 17.8. The molecule has 1 aromatic carbocycles. The maximum absolute atomic E-state index is 12.7. The SMILES string of the molecule is CC(C)(C)OC(=O)N1CCC2(CN(C(=O)OCc3ccccc3)CC2CN=[N+]=[N-])C1. The van der Waals surface area contributed by atoms with Gasteiger partial charge in [0.2, 0.25) is 0 Å². The first kappa shape index (κ1) is 21.8. The summed E-state index contributed by atoms with van der Waals surface area (Å²) in [6.45, 7) is 7.91. The molecule has 2 unspecified atom stereocenters. The number of azide groups is 1. The van der Waals surface area contributed by atoms with Gasteiger partial charge in [0.15, 0.2) is 0 Å². The molecule has 2 atom stereocenters. The average molecular weight is 415 g/mol. The Morgan fingerprint density at radius 1 is 1.20 bits per heavy atom. The molecular weight excluding hydrogens is 386 g/mol. The summed E-state index contributed by atoms with van der Waals surface area (Å²) in [6, 6.07) is 9.51. The molecule has 2 saturated heterocycles. The van der Waals surface area contributed by atoms with Crippen LogP contribution in [0.1, 0.15) is 32.8 Å². The Morgan fingerprint density at radius 2 is 1.90 bits per heavy atom. The summed E-state index contributed by atoms with van der Waals surface area (Å²) >= 11 is 0. The molecule has 2 heterocycles. The maximum Gasteiger partial charge on any atom is 0.410 e. The van der Waals surface area contributed by atoms with Gasteiger partial charge in [-0.05, 0) is 44.2 Å².